The summed E-state index contributed by atoms with van der Waals surface area (Å²) in [4.78, 5) is 0. The summed E-state index contributed by atoms with van der Waals surface area (Å²) in [7, 11) is 1.55. The number of nitrogens with one attached hydrogen (secondary N) is 1. The molecule has 2 atom stereocenters. The number of aliphatic hydroxyl groups is 1. The number of hydrogen-bond donors (Lipinski definition) is 3. The molecule has 4 heteroatoms. The Kier molecular flexibility index (Phi) is 4.44. The van der Waals surface area contributed by atoms with Gasteiger partial charge in [0.15, 0.2) is 11.5 Å². The topological polar surface area (TPSA) is 61.7 Å². The number of benzene rings is 1. The first kappa shape index (κ1) is 13.2. The van der Waals surface area contributed by atoms with E-state index in [1.165, 1.54) is 0 Å². The number of ether oxygens (including phenoxy) is 1. The molecular formula is C14H21NO3. The van der Waals surface area contributed by atoms with Crippen LogP contribution in [0.15, 0.2) is 18.2 Å². The highest BCUT2D eigenvalue weighted by atomic mass is 16.5. The number of aliphatic hydroxyl groups excluding tert-OH is 1. The third-order valence-corrected chi connectivity index (χ3v) is 3.56. The van der Waals surface area contributed by atoms with Crippen molar-refractivity contribution in [1.82, 2.24) is 5.32 Å². The highest BCUT2D eigenvalue weighted by Gasteiger charge is 2.22. The SMILES string of the molecule is COc1cccc(CNCC2CCC(O)C2)c1O. The minimum atomic E-state index is -0.123. The van der Waals surface area contributed by atoms with Gasteiger partial charge in [-0.15, -0.1) is 0 Å². The first-order chi connectivity index (χ1) is 8.70. The van der Waals surface area contributed by atoms with Gasteiger partial charge in [0.05, 0.1) is 13.2 Å². The molecule has 0 bridgehead atoms. The molecule has 0 saturated heterocycles. The fourth-order valence-corrected chi connectivity index (χ4v) is 2.52. The summed E-state index contributed by atoms with van der Waals surface area (Å²) in [5, 5.41) is 22.7. The molecule has 2 unspecified atom stereocenters. The Morgan fingerprint density at radius 1 is 1.39 bits per heavy atom. The van der Waals surface area contributed by atoms with Crippen molar-refractivity contribution in [1.29, 1.82) is 0 Å². The normalized spacial score (nSPS) is 23.2. The summed E-state index contributed by atoms with van der Waals surface area (Å²) in [6, 6.07) is 5.50. The lowest BCUT2D eigenvalue weighted by atomic mass is 10.1. The Morgan fingerprint density at radius 3 is 2.89 bits per heavy atom. The lowest BCUT2D eigenvalue weighted by Gasteiger charge is -2.12. The van der Waals surface area contributed by atoms with Crippen molar-refractivity contribution in [2.24, 2.45) is 5.92 Å². The zero-order valence-electron chi connectivity index (χ0n) is 10.7. The fraction of sp³-hybridized carbons (Fsp3) is 0.571. The first-order valence-corrected chi connectivity index (χ1v) is 6.44. The predicted molar refractivity (Wildman–Crippen MR) is 69.7 cm³/mol. The average Bonchev–Trinajstić information content (AvgIpc) is 2.77. The summed E-state index contributed by atoms with van der Waals surface area (Å²) in [6.07, 6.45) is 2.76. The molecule has 1 aliphatic carbocycles. The third-order valence-electron chi connectivity index (χ3n) is 3.56. The maximum absolute atomic E-state index is 9.92. The van der Waals surface area contributed by atoms with Gasteiger partial charge in [0.1, 0.15) is 0 Å². The predicted octanol–water partition coefficient (Wildman–Crippen LogP) is 1.65. The van der Waals surface area contributed by atoms with Crippen molar-refractivity contribution >= 4 is 0 Å². The maximum Gasteiger partial charge on any atom is 0.162 e. The van der Waals surface area contributed by atoms with E-state index >= 15 is 0 Å². The Morgan fingerprint density at radius 2 is 2.22 bits per heavy atom. The molecule has 3 N–H and O–H groups in total. The highest BCUT2D eigenvalue weighted by molar-refractivity contribution is 5.45. The monoisotopic (exact) mass is 251 g/mol. The van der Waals surface area contributed by atoms with E-state index < -0.39 is 0 Å². The molecule has 0 spiro atoms. The van der Waals surface area contributed by atoms with Crippen LogP contribution in [-0.2, 0) is 6.54 Å². The van der Waals surface area contributed by atoms with Gasteiger partial charge in [0.2, 0.25) is 0 Å². The minimum absolute atomic E-state index is 0.123. The molecule has 18 heavy (non-hydrogen) atoms. The molecular weight excluding hydrogens is 230 g/mol. The van der Waals surface area contributed by atoms with Gasteiger partial charge in [-0.05, 0) is 37.8 Å². The van der Waals surface area contributed by atoms with Crippen LogP contribution in [0.5, 0.6) is 11.5 Å². The van der Waals surface area contributed by atoms with Crippen molar-refractivity contribution < 1.29 is 14.9 Å². The summed E-state index contributed by atoms with van der Waals surface area (Å²) >= 11 is 0. The van der Waals surface area contributed by atoms with Crippen LogP contribution in [0.1, 0.15) is 24.8 Å². The van der Waals surface area contributed by atoms with Crippen LogP contribution in [0.4, 0.5) is 0 Å². The van der Waals surface area contributed by atoms with Crippen molar-refractivity contribution in [3.8, 4) is 11.5 Å². The Hall–Kier alpha value is -1.26. The molecule has 1 aliphatic rings. The number of rotatable bonds is 5. The van der Waals surface area contributed by atoms with Gasteiger partial charge < -0.3 is 20.3 Å². The largest absolute Gasteiger partial charge is 0.504 e. The number of hydrogen-bond acceptors (Lipinski definition) is 4. The molecule has 0 aromatic heterocycles. The van der Waals surface area contributed by atoms with Gasteiger partial charge in [-0.3, -0.25) is 0 Å². The van der Waals surface area contributed by atoms with Crippen molar-refractivity contribution in [2.45, 2.75) is 31.9 Å². The van der Waals surface area contributed by atoms with E-state index in [2.05, 4.69) is 5.32 Å². The molecule has 1 fully saturated rings. The molecule has 4 nitrogen and oxygen atoms in total. The quantitative estimate of drug-likeness (QED) is 0.744. The zero-order chi connectivity index (χ0) is 13.0. The second kappa shape index (κ2) is 6.07. The van der Waals surface area contributed by atoms with Crippen LogP contribution in [0.3, 0.4) is 0 Å². The van der Waals surface area contributed by atoms with E-state index in [-0.39, 0.29) is 11.9 Å². The van der Waals surface area contributed by atoms with Gasteiger partial charge in [-0.2, -0.15) is 0 Å². The van der Waals surface area contributed by atoms with Gasteiger partial charge >= 0.3 is 0 Å². The molecule has 2 rings (SSSR count). The third kappa shape index (κ3) is 3.15. The van der Waals surface area contributed by atoms with E-state index in [1.54, 1.807) is 13.2 Å². The standard InChI is InChI=1S/C14H21NO3/c1-18-13-4-2-3-11(14(13)17)9-15-8-10-5-6-12(16)7-10/h2-4,10,12,15-17H,5-9H2,1H3. The maximum atomic E-state index is 9.92. The average molecular weight is 251 g/mol. The summed E-state index contributed by atoms with van der Waals surface area (Å²) < 4.78 is 5.07. The van der Waals surface area contributed by atoms with Gasteiger partial charge in [0, 0.05) is 12.1 Å². The van der Waals surface area contributed by atoms with Crippen molar-refractivity contribution in [3.63, 3.8) is 0 Å². The first-order valence-electron chi connectivity index (χ1n) is 6.44. The van der Waals surface area contributed by atoms with E-state index in [4.69, 9.17) is 4.74 Å². The second-order valence-corrected chi connectivity index (χ2v) is 4.93. The lowest BCUT2D eigenvalue weighted by Crippen LogP contribution is -2.21. The number of phenolic OH excluding ortho intramolecular Hbond substituents is 1. The van der Waals surface area contributed by atoms with Crippen molar-refractivity contribution in [3.05, 3.63) is 23.8 Å². The van der Waals surface area contributed by atoms with Gasteiger partial charge in [-0.25, -0.2) is 0 Å². The Bertz CT molecular complexity index is 395. The second-order valence-electron chi connectivity index (χ2n) is 4.93. The summed E-state index contributed by atoms with van der Waals surface area (Å²) in [5.41, 5.74) is 0.841. The number of para-hydroxylation sites is 1. The van der Waals surface area contributed by atoms with Crippen LogP contribution in [-0.4, -0.2) is 30.0 Å². The Balaban J connectivity index is 1.83. The molecule has 100 valence electrons. The molecule has 0 aliphatic heterocycles. The zero-order valence-corrected chi connectivity index (χ0v) is 10.7. The Labute approximate surface area is 108 Å². The van der Waals surface area contributed by atoms with Crippen LogP contribution < -0.4 is 10.1 Å². The molecule has 0 amide bonds. The molecule has 0 heterocycles. The van der Waals surface area contributed by atoms with Crippen LogP contribution >= 0.6 is 0 Å². The smallest absolute Gasteiger partial charge is 0.162 e. The molecule has 1 aromatic rings. The van der Waals surface area contributed by atoms with Crippen molar-refractivity contribution in [2.75, 3.05) is 13.7 Å². The van der Waals surface area contributed by atoms with E-state index in [0.29, 0.717) is 18.2 Å². The van der Waals surface area contributed by atoms with E-state index in [0.717, 1.165) is 31.4 Å². The minimum Gasteiger partial charge on any atom is -0.504 e. The molecule has 0 radical (unpaired) electrons. The van der Waals surface area contributed by atoms with Crippen LogP contribution in [0.2, 0.25) is 0 Å². The van der Waals surface area contributed by atoms with Crippen LogP contribution in [0, 0.1) is 5.92 Å². The number of aromatic hydroxyl groups is 1. The summed E-state index contributed by atoms with van der Waals surface area (Å²) in [5.74, 6) is 1.26. The van der Waals surface area contributed by atoms with Crippen LogP contribution in [0.25, 0.3) is 0 Å². The van der Waals surface area contributed by atoms with E-state index in [9.17, 15) is 10.2 Å². The highest BCUT2D eigenvalue weighted by Crippen LogP contribution is 2.29. The molecule has 1 saturated carbocycles. The number of phenols is 1. The lowest BCUT2D eigenvalue weighted by molar-refractivity contribution is 0.177. The number of methoxy groups -OCH3 is 1. The fourth-order valence-electron chi connectivity index (χ4n) is 2.52. The molecule has 1 aromatic carbocycles. The van der Waals surface area contributed by atoms with E-state index in [1.807, 2.05) is 12.1 Å². The van der Waals surface area contributed by atoms with Gasteiger partial charge in [0.25, 0.3) is 0 Å². The summed E-state index contributed by atoms with van der Waals surface area (Å²) in [6.45, 7) is 1.50. The van der Waals surface area contributed by atoms with Gasteiger partial charge in [-0.1, -0.05) is 12.1 Å².